The van der Waals surface area contributed by atoms with Crippen molar-refractivity contribution >= 4 is 17.7 Å². The Kier molecular flexibility index (Phi) is 6.39. The third-order valence-corrected chi connectivity index (χ3v) is 6.86. The Morgan fingerprint density at radius 1 is 1.26 bits per heavy atom. The molecule has 1 unspecified atom stereocenters. The molecule has 12 heteroatoms. The molecule has 2 aliphatic heterocycles. The molecule has 0 saturated carbocycles. The molecule has 0 fully saturated rings. The van der Waals surface area contributed by atoms with Crippen LogP contribution < -0.4 is 14.8 Å². The summed E-state index contributed by atoms with van der Waals surface area (Å²) in [6.07, 6.45) is -1.43. The summed E-state index contributed by atoms with van der Waals surface area (Å²) in [7, 11) is 1.87. The summed E-state index contributed by atoms with van der Waals surface area (Å²) >= 11 is 0.836. The van der Waals surface area contributed by atoms with E-state index in [0.717, 1.165) is 34.3 Å². The normalized spacial score (nSPS) is 19.0. The summed E-state index contributed by atoms with van der Waals surface area (Å²) in [5, 5.41) is 11.7. The number of benzene rings is 1. The number of rotatable bonds is 7. The number of nitrogens with one attached hydrogen (secondary N) is 1. The van der Waals surface area contributed by atoms with Gasteiger partial charge in [-0.25, -0.2) is 4.68 Å². The molecule has 0 radical (unpaired) electrons. The number of carbonyl (C=O) groups excluding carboxylic acids is 1. The van der Waals surface area contributed by atoms with Crippen molar-refractivity contribution in [2.75, 3.05) is 18.1 Å². The zero-order valence-electron chi connectivity index (χ0n) is 18.9. The molecular weight excluding hydrogens is 483 g/mol. The first-order valence-corrected chi connectivity index (χ1v) is 12.3. The van der Waals surface area contributed by atoms with Crippen LogP contribution in [0.4, 0.5) is 13.2 Å². The molecule has 5 rings (SSSR count). The fraction of sp³-hybridized carbons (Fsp3) is 0.435. The number of aromatic nitrogens is 4. The second-order valence-electron chi connectivity index (χ2n) is 8.63. The number of hydrogen-bond donors (Lipinski definition) is 1. The van der Waals surface area contributed by atoms with Gasteiger partial charge in [-0.1, -0.05) is 0 Å². The van der Waals surface area contributed by atoms with Crippen LogP contribution in [0.2, 0.25) is 0 Å². The first kappa shape index (κ1) is 23.6. The quantitative estimate of drug-likeness (QED) is 0.494. The van der Waals surface area contributed by atoms with Gasteiger partial charge < -0.3 is 14.8 Å². The van der Waals surface area contributed by atoms with E-state index in [0.29, 0.717) is 37.6 Å². The van der Waals surface area contributed by atoms with E-state index >= 15 is 0 Å². The number of aryl methyl sites for hydroxylation is 1. The van der Waals surface area contributed by atoms with E-state index in [4.69, 9.17) is 9.47 Å². The number of amides is 1. The van der Waals surface area contributed by atoms with Gasteiger partial charge >= 0.3 is 6.18 Å². The lowest BCUT2D eigenvalue weighted by atomic mass is 9.99. The smallest absolute Gasteiger partial charge is 0.397 e. The predicted molar refractivity (Wildman–Crippen MR) is 124 cm³/mol. The van der Waals surface area contributed by atoms with Crippen LogP contribution in [0.5, 0.6) is 11.6 Å². The molecule has 1 N–H and O–H groups in total. The standard InChI is InChI=1S/C23H24F3N5O3S/c1-30-6-4-18(28-30)14-2-3-20-15(8-14)9-16(12-33-20)27-22(32)19-10-21-31(29-19)11-17(34-21)5-7-35-13-23(24,25)26/h2-4,6,8,10,16-17H,5,7,9,11-13H2,1H3,(H,27,32)/t16-,17?/m1/s1. The van der Waals surface area contributed by atoms with E-state index in [1.54, 1.807) is 15.4 Å². The number of ether oxygens (including phenoxy) is 2. The lowest BCUT2D eigenvalue weighted by molar-refractivity contribution is -0.105. The topological polar surface area (TPSA) is 83.2 Å². The highest BCUT2D eigenvalue weighted by Crippen LogP contribution is 2.30. The summed E-state index contributed by atoms with van der Waals surface area (Å²) in [4.78, 5) is 12.8. The lowest BCUT2D eigenvalue weighted by Gasteiger charge is -2.26. The number of nitrogens with zero attached hydrogens (tertiary/aromatic N) is 4. The minimum absolute atomic E-state index is 0.218. The Hall–Kier alpha value is -3.15. The highest BCUT2D eigenvalue weighted by Gasteiger charge is 2.30. The molecular formula is C23H24F3N5O3S. The van der Waals surface area contributed by atoms with Crippen LogP contribution in [0.3, 0.4) is 0 Å². The fourth-order valence-electron chi connectivity index (χ4n) is 4.17. The highest BCUT2D eigenvalue weighted by atomic mass is 32.2. The van der Waals surface area contributed by atoms with E-state index in [2.05, 4.69) is 15.5 Å². The SMILES string of the molecule is Cn1ccc(-c2ccc3c(c2)C[C@@H](NC(=O)c2cc4n(n2)CC(CCSCC(F)(F)F)O4)CO3)n1. The molecule has 2 atom stereocenters. The molecule has 2 aliphatic rings. The molecule has 4 heterocycles. The second-order valence-corrected chi connectivity index (χ2v) is 9.73. The Morgan fingerprint density at radius 2 is 2.11 bits per heavy atom. The maximum absolute atomic E-state index is 12.8. The van der Waals surface area contributed by atoms with Crippen molar-refractivity contribution in [3.63, 3.8) is 0 Å². The molecule has 1 amide bonds. The second kappa shape index (κ2) is 9.48. The fourth-order valence-corrected chi connectivity index (χ4v) is 4.97. The maximum Gasteiger partial charge on any atom is 0.397 e. The van der Waals surface area contributed by atoms with Crippen LogP contribution in [0.15, 0.2) is 36.5 Å². The predicted octanol–water partition coefficient (Wildman–Crippen LogP) is 3.46. The third-order valence-electron chi connectivity index (χ3n) is 5.80. The van der Waals surface area contributed by atoms with Gasteiger partial charge in [-0.2, -0.15) is 35.1 Å². The van der Waals surface area contributed by atoms with Crippen LogP contribution in [0.25, 0.3) is 11.3 Å². The van der Waals surface area contributed by atoms with E-state index in [9.17, 15) is 18.0 Å². The Balaban J connectivity index is 1.15. The molecule has 3 aromatic rings. The van der Waals surface area contributed by atoms with Crippen molar-refractivity contribution < 1.29 is 27.4 Å². The van der Waals surface area contributed by atoms with Crippen LogP contribution in [-0.2, 0) is 20.0 Å². The van der Waals surface area contributed by atoms with E-state index < -0.39 is 11.9 Å². The minimum Gasteiger partial charge on any atom is -0.491 e. The van der Waals surface area contributed by atoms with Crippen LogP contribution in [0.1, 0.15) is 22.5 Å². The molecule has 1 aromatic carbocycles. The highest BCUT2D eigenvalue weighted by molar-refractivity contribution is 7.99. The van der Waals surface area contributed by atoms with Crippen molar-refractivity contribution in [1.82, 2.24) is 24.9 Å². The summed E-state index contributed by atoms with van der Waals surface area (Å²) in [5.74, 6) is 0.392. The minimum atomic E-state index is -4.16. The average Bonchev–Trinajstić information content (AvgIpc) is 3.50. The van der Waals surface area contributed by atoms with Crippen LogP contribution >= 0.6 is 11.8 Å². The Morgan fingerprint density at radius 3 is 2.86 bits per heavy atom. The number of thioether (sulfide) groups is 1. The van der Waals surface area contributed by atoms with Gasteiger partial charge in [-0.3, -0.25) is 9.48 Å². The average molecular weight is 508 g/mol. The van der Waals surface area contributed by atoms with Gasteiger partial charge in [-0.05, 0) is 48.4 Å². The molecule has 186 valence electrons. The van der Waals surface area contributed by atoms with Gasteiger partial charge in [0.25, 0.3) is 5.91 Å². The Bertz CT molecular complexity index is 1200. The molecule has 2 aromatic heterocycles. The summed E-state index contributed by atoms with van der Waals surface area (Å²) in [6, 6.07) is 9.21. The first-order chi connectivity index (χ1) is 16.7. The zero-order chi connectivity index (χ0) is 24.6. The molecule has 0 saturated heterocycles. The maximum atomic E-state index is 12.8. The lowest BCUT2D eigenvalue weighted by Crippen LogP contribution is -2.43. The zero-order valence-corrected chi connectivity index (χ0v) is 19.7. The molecule has 8 nitrogen and oxygen atoms in total. The van der Waals surface area contributed by atoms with E-state index in [-0.39, 0.29) is 23.7 Å². The summed E-state index contributed by atoms with van der Waals surface area (Å²) in [5.41, 5.74) is 3.07. The van der Waals surface area contributed by atoms with Gasteiger partial charge in [0.1, 0.15) is 18.5 Å². The number of alkyl halides is 3. The number of fused-ring (bicyclic) bond motifs is 2. The van der Waals surface area contributed by atoms with Gasteiger partial charge in [0.15, 0.2) is 5.69 Å². The van der Waals surface area contributed by atoms with E-state index in [1.165, 1.54) is 0 Å². The van der Waals surface area contributed by atoms with Crippen LogP contribution in [-0.4, -0.2) is 61.9 Å². The van der Waals surface area contributed by atoms with Gasteiger partial charge in [0, 0.05) is 24.9 Å². The van der Waals surface area contributed by atoms with Crippen molar-refractivity contribution in [3.8, 4) is 22.9 Å². The third kappa shape index (κ3) is 5.58. The van der Waals surface area contributed by atoms with Gasteiger partial charge in [0.2, 0.25) is 5.88 Å². The van der Waals surface area contributed by atoms with Crippen molar-refractivity contribution in [2.24, 2.45) is 7.05 Å². The number of carbonyl (C=O) groups is 1. The van der Waals surface area contributed by atoms with Gasteiger partial charge in [-0.15, -0.1) is 0 Å². The molecule has 0 bridgehead atoms. The van der Waals surface area contributed by atoms with Crippen molar-refractivity contribution in [1.29, 1.82) is 0 Å². The van der Waals surface area contributed by atoms with Crippen molar-refractivity contribution in [2.45, 2.75) is 37.7 Å². The summed E-state index contributed by atoms with van der Waals surface area (Å²) in [6.45, 7) is 0.759. The monoisotopic (exact) mass is 507 g/mol. The first-order valence-electron chi connectivity index (χ1n) is 11.2. The van der Waals surface area contributed by atoms with Gasteiger partial charge in [0.05, 0.1) is 24.0 Å². The number of halogens is 3. The molecule has 0 aliphatic carbocycles. The van der Waals surface area contributed by atoms with E-state index in [1.807, 2.05) is 37.5 Å². The molecule has 0 spiro atoms. The molecule has 35 heavy (non-hydrogen) atoms. The van der Waals surface area contributed by atoms with Crippen LogP contribution in [0, 0.1) is 0 Å². The number of hydrogen-bond acceptors (Lipinski definition) is 6. The summed E-state index contributed by atoms with van der Waals surface area (Å²) < 4.78 is 51.7. The van der Waals surface area contributed by atoms with Crippen molar-refractivity contribution in [3.05, 3.63) is 47.8 Å². The largest absolute Gasteiger partial charge is 0.491 e. The Labute approximate surface area is 203 Å².